The first-order valence-corrected chi connectivity index (χ1v) is 10.4. The van der Waals surface area contributed by atoms with Crippen LogP contribution in [0.5, 0.6) is 5.75 Å². The Kier molecular flexibility index (Phi) is 6.97. The molecule has 0 aromatic heterocycles. The van der Waals surface area contributed by atoms with E-state index >= 15 is 0 Å². The molecule has 0 spiro atoms. The Labute approximate surface area is 172 Å². The van der Waals surface area contributed by atoms with Crippen LogP contribution in [0.15, 0.2) is 54.6 Å². The second-order valence-corrected chi connectivity index (χ2v) is 7.98. The highest BCUT2D eigenvalue weighted by Crippen LogP contribution is 2.40. The summed E-state index contributed by atoms with van der Waals surface area (Å²) < 4.78 is 0. The van der Waals surface area contributed by atoms with Crippen molar-refractivity contribution in [1.29, 1.82) is 0 Å². The average molecular weight is 392 g/mol. The van der Waals surface area contributed by atoms with E-state index in [0.29, 0.717) is 44.9 Å². The van der Waals surface area contributed by atoms with E-state index in [1.165, 1.54) is 0 Å². The van der Waals surface area contributed by atoms with Crippen molar-refractivity contribution in [2.75, 3.05) is 0 Å². The first-order chi connectivity index (χ1) is 14.0. The topological polar surface area (TPSA) is 71.4 Å². The molecule has 1 saturated carbocycles. The number of hydrogen-bond donors (Lipinski definition) is 1. The molecule has 4 nitrogen and oxygen atoms in total. The molecule has 1 aliphatic carbocycles. The quantitative estimate of drug-likeness (QED) is 0.599. The molecule has 0 aliphatic heterocycles. The minimum Gasteiger partial charge on any atom is -0.508 e. The number of aromatic hydroxyl groups is 1. The largest absolute Gasteiger partial charge is 0.508 e. The fourth-order valence-corrected chi connectivity index (χ4v) is 4.23. The number of aryl methyl sites for hydroxylation is 2. The standard InChI is InChI=1S/C25H28O4/c26-21(10-4-8-20-9-5-11-22(27)18-20)15-17-25(23(28)12-13-24(25)29)16-14-19-6-2-1-3-7-19/h1-3,5-7,9,11,18,27H,4,8,10,12-17H2. The zero-order chi connectivity index (χ0) is 20.7. The van der Waals surface area contributed by atoms with Gasteiger partial charge in [-0.25, -0.2) is 0 Å². The van der Waals surface area contributed by atoms with Crippen molar-refractivity contribution in [3.05, 3.63) is 65.7 Å². The number of Topliss-reactive ketones (excluding diaryl/α,β-unsaturated/α-hetero) is 3. The summed E-state index contributed by atoms with van der Waals surface area (Å²) in [5, 5.41) is 9.51. The Morgan fingerprint density at radius 2 is 1.52 bits per heavy atom. The molecule has 1 N–H and O–H groups in total. The molecule has 0 bridgehead atoms. The smallest absolute Gasteiger partial charge is 0.146 e. The van der Waals surface area contributed by atoms with Gasteiger partial charge < -0.3 is 5.11 Å². The Morgan fingerprint density at radius 3 is 2.21 bits per heavy atom. The molecular formula is C25H28O4. The molecule has 152 valence electrons. The molecule has 0 atom stereocenters. The van der Waals surface area contributed by atoms with E-state index < -0.39 is 5.41 Å². The van der Waals surface area contributed by atoms with Crippen LogP contribution < -0.4 is 0 Å². The second kappa shape index (κ2) is 9.64. The predicted molar refractivity (Wildman–Crippen MR) is 112 cm³/mol. The summed E-state index contributed by atoms with van der Waals surface area (Å²) in [6.07, 6.45) is 4.22. The lowest BCUT2D eigenvalue weighted by molar-refractivity contribution is -0.136. The zero-order valence-corrected chi connectivity index (χ0v) is 16.7. The van der Waals surface area contributed by atoms with Gasteiger partial charge in [0.1, 0.15) is 23.1 Å². The van der Waals surface area contributed by atoms with E-state index in [1.807, 2.05) is 36.4 Å². The Bertz CT molecular complexity index is 853. The Morgan fingerprint density at radius 1 is 0.828 bits per heavy atom. The lowest BCUT2D eigenvalue weighted by Crippen LogP contribution is -2.34. The normalized spacial score (nSPS) is 15.6. The molecule has 4 heteroatoms. The Balaban J connectivity index is 1.53. The second-order valence-electron chi connectivity index (χ2n) is 7.98. The summed E-state index contributed by atoms with van der Waals surface area (Å²) in [6, 6.07) is 16.9. The number of rotatable bonds is 10. The molecule has 1 aliphatic rings. The van der Waals surface area contributed by atoms with E-state index in [4.69, 9.17) is 0 Å². The molecule has 29 heavy (non-hydrogen) atoms. The van der Waals surface area contributed by atoms with Crippen LogP contribution in [-0.2, 0) is 27.2 Å². The van der Waals surface area contributed by atoms with Gasteiger partial charge in [0.25, 0.3) is 0 Å². The van der Waals surface area contributed by atoms with E-state index in [1.54, 1.807) is 18.2 Å². The third kappa shape index (κ3) is 5.41. The van der Waals surface area contributed by atoms with E-state index in [2.05, 4.69) is 0 Å². The maximum absolute atomic E-state index is 12.6. The van der Waals surface area contributed by atoms with Crippen molar-refractivity contribution < 1.29 is 19.5 Å². The lowest BCUT2D eigenvalue weighted by atomic mass is 9.74. The highest BCUT2D eigenvalue weighted by molar-refractivity contribution is 6.13. The lowest BCUT2D eigenvalue weighted by Gasteiger charge is -2.25. The van der Waals surface area contributed by atoms with Crippen molar-refractivity contribution in [1.82, 2.24) is 0 Å². The van der Waals surface area contributed by atoms with Crippen LogP contribution in [0.25, 0.3) is 0 Å². The molecule has 0 unspecified atom stereocenters. The molecular weight excluding hydrogens is 364 g/mol. The predicted octanol–water partition coefficient (Wildman–Crippen LogP) is 4.62. The monoisotopic (exact) mass is 392 g/mol. The summed E-state index contributed by atoms with van der Waals surface area (Å²) in [5.41, 5.74) is 1.13. The number of phenolic OH excluding ortho intramolecular Hbond substituents is 1. The van der Waals surface area contributed by atoms with Crippen LogP contribution in [0.3, 0.4) is 0 Å². The van der Waals surface area contributed by atoms with Crippen molar-refractivity contribution in [2.24, 2.45) is 5.41 Å². The van der Waals surface area contributed by atoms with Gasteiger partial charge in [-0.15, -0.1) is 0 Å². The summed E-state index contributed by atoms with van der Waals surface area (Å²) >= 11 is 0. The van der Waals surface area contributed by atoms with Crippen LogP contribution in [0.1, 0.15) is 56.1 Å². The SMILES string of the molecule is O=C(CCCc1cccc(O)c1)CCC1(CCc2ccccc2)C(=O)CCC1=O. The summed E-state index contributed by atoms with van der Waals surface area (Å²) in [4.78, 5) is 37.6. The number of carbonyl (C=O) groups excluding carboxylic acids is 3. The summed E-state index contributed by atoms with van der Waals surface area (Å²) in [5.74, 6) is 0.334. The number of ketones is 3. The minimum atomic E-state index is -0.975. The summed E-state index contributed by atoms with van der Waals surface area (Å²) in [7, 11) is 0. The van der Waals surface area contributed by atoms with Crippen LogP contribution in [-0.4, -0.2) is 22.5 Å². The molecule has 2 aromatic carbocycles. The highest BCUT2D eigenvalue weighted by atomic mass is 16.3. The molecule has 2 aromatic rings. The molecule has 1 fully saturated rings. The van der Waals surface area contributed by atoms with Crippen LogP contribution in [0.4, 0.5) is 0 Å². The number of benzene rings is 2. The number of carbonyl (C=O) groups is 3. The van der Waals surface area contributed by atoms with E-state index in [9.17, 15) is 19.5 Å². The minimum absolute atomic E-state index is 0.00555. The van der Waals surface area contributed by atoms with Crippen molar-refractivity contribution in [2.45, 2.75) is 57.8 Å². The average Bonchev–Trinajstić information content (AvgIpc) is 3.00. The zero-order valence-electron chi connectivity index (χ0n) is 16.7. The maximum Gasteiger partial charge on any atom is 0.146 e. The van der Waals surface area contributed by atoms with Gasteiger partial charge in [0.2, 0.25) is 0 Å². The molecule has 0 heterocycles. The maximum atomic E-state index is 12.6. The van der Waals surface area contributed by atoms with E-state index in [0.717, 1.165) is 17.5 Å². The van der Waals surface area contributed by atoms with Crippen molar-refractivity contribution >= 4 is 17.3 Å². The van der Waals surface area contributed by atoms with Gasteiger partial charge in [0, 0.05) is 25.7 Å². The number of phenols is 1. The van der Waals surface area contributed by atoms with Gasteiger partial charge >= 0.3 is 0 Å². The van der Waals surface area contributed by atoms with Crippen LogP contribution in [0.2, 0.25) is 0 Å². The van der Waals surface area contributed by atoms with Gasteiger partial charge in [-0.3, -0.25) is 14.4 Å². The van der Waals surface area contributed by atoms with Crippen molar-refractivity contribution in [3.8, 4) is 5.75 Å². The highest BCUT2D eigenvalue weighted by Gasteiger charge is 2.48. The number of hydrogen-bond acceptors (Lipinski definition) is 4. The van der Waals surface area contributed by atoms with Crippen LogP contribution >= 0.6 is 0 Å². The molecule has 0 amide bonds. The van der Waals surface area contributed by atoms with Gasteiger partial charge in [-0.1, -0.05) is 42.5 Å². The summed E-state index contributed by atoms with van der Waals surface area (Å²) in [6.45, 7) is 0. The van der Waals surface area contributed by atoms with Crippen molar-refractivity contribution in [3.63, 3.8) is 0 Å². The van der Waals surface area contributed by atoms with Gasteiger partial charge in [0.15, 0.2) is 0 Å². The van der Waals surface area contributed by atoms with Gasteiger partial charge in [-0.05, 0) is 55.4 Å². The fourth-order valence-electron chi connectivity index (χ4n) is 4.23. The third-order valence-corrected chi connectivity index (χ3v) is 5.99. The molecule has 0 radical (unpaired) electrons. The molecule has 0 saturated heterocycles. The van der Waals surface area contributed by atoms with Crippen LogP contribution in [0, 0.1) is 5.41 Å². The fraction of sp³-hybridized carbons (Fsp3) is 0.400. The first-order valence-electron chi connectivity index (χ1n) is 10.4. The Hall–Kier alpha value is -2.75. The van der Waals surface area contributed by atoms with Gasteiger partial charge in [0.05, 0.1) is 5.41 Å². The third-order valence-electron chi connectivity index (χ3n) is 5.99. The first kappa shape index (κ1) is 21.0. The molecule has 3 rings (SSSR count). The van der Waals surface area contributed by atoms with E-state index in [-0.39, 0.29) is 29.5 Å². The van der Waals surface area contributed by atoms with Gasteiger partial charge in [-0.2, -0.15) is 0 Å².